The molecule has 0 radical (unpaired) electrons. The van der Waals surface area contributed by atoms with Gasteiger partial charge < -0.3 is 14.7 Å². The molecule has 2 fully saturated rings. The summed E-state index contributed by atoms with van der Waals surface area (Å²) >= 11 is 0. The zero-order valence-electron chi connectivity index (χ0n) is 10.5. The Morgan fingerprint density at radius 1 is 1.37 bits per heavy atom. The maximum atomic E-state index is 12.8. The average Bonchev–Trinajstić information content (AvgIpc) is 3.05. The van der Waals surface area contributed by atoms with Gasteiger partial charge in [0.05, 0.1) is 11.7 Å². The summed E-state index contributed by atoms with van der Waals surface area (Å²) in [6.45, 7) is 1.07. The summed E-state index contributed by atoms with van der Waals surface area (Å²) in [5, 5.41) is 8.91. The highest BCUT2D eigenvalue weighted by molar-refractivity contribution is 5.65. The van der Waals surface area contributed by atoms with Crippen molar-refractivity contribution in [2.24, 2.45) is 0 Å². The normalized spacial score (nSPS) is 24.5. The molecule has 1 spiro atoms. The van der Waals surface area contributed by atoms with E-state index in [9.17, 15) is 9.18 Å². The van der Waals surface area contributed by atoms with Crippen LogP contribution < -0.4 is 0 Å². The van der Waals surface area contributed by atoms with Crippen molar-refractivity contribution in [3.05, 3.63) is 35.6 Å². The fourth-order valence-electron chi connectivity index (χ4n) is 2.83. The first kappa shape index (κ1) is 12.4. The molecule has 2 saturated heterocycles. The Hall–Kier alpha value is -1.62. The molecule has 1 aromatic carbocycles. The second-order valence-electron chi connectivity index (χ2n) is 5.27. The lowest BCUT2D eigenvalue weighted by Crippen LogP contribution is -2.41. The number of hydrogen-bond donors (Lipinski definition) is 1. The van der Waals surface area contributed by atoms with Gasteiger partial charge in [-0.15, -0.1) is 0 Å². The first-order valence-corrected chi connectivity index (χ1v) is 6.49. The third-order valence-electron chi connectivity index (χ3n) is 4.12. The Balaban J connectivity index is 1.56. The van der Waals surface area contributed by atoms with Crippen molar-refractivity contribution in [3.63, 3.8) is 0 Å². The van der Waals surface area contributed by atoms with Crippen LogP contribution in [0.25, 0.3) is 0 Å². The average molecular weight is 265 g/mol. The van der Waals surface area contributed by atoms with Crippen LogP contribution in [-0.4, -0.2) is 40.9 Å². The monoisotopic (exact) mass is 265 g/mol. The van der Waals surface area contributed by atoms with E-state index < -0.39 is 6.09 Å². The summed E-state index contributed by atoms with van der Waals surface area (Å²) in [6.07, 6.45) is 1.57. The predicted molar refractivity (Wildman–Crippen MR) is 66.5 cm³/mol. The molecule has 2 aliphatic rings. The zero-order valence-corrected chi connectivity index (χ0v) is 10.5. The molecule has 1 atom stereocenters. The number of piperidine rings is 1. The number of ether oxygens (including phenoxy) is 1. The van der Waals surface area contributed by atoms with Gasteiger partial charge in [-0.2, -0.15) is 0 Å². The number of benzene rings is 1. The Morgan fingerprint density at radius 2 is 2.00 bits per heavy atom. The van der Waals surface area contributed by atoms with Gasteiger partial charge in [0.15, 0.2) is 0 Å². The number of carboxylic acid groups (broad SMARTS) is 1. The topological polar surface area (TPSA) is 53.1 Å². The molecule has 1 N–H and O–H groups in total. The molecule has 5 heteroatoms. The first-order valence-electron chi connectivity index (χ1n) is 6.49. The summed E-state index contributed by atoms with van der Waals surface area (Å²) < 4.78 is 18.6. The third-order valence-corrected chi connectivity index (χ3v) is 4.12. The quantitative estimate of drug-likeness (QED) is 0.835. The molecule has 1 aromatic rings. The van der Waals surface area contributed by atoms with E-state index in [4.69, 9.17) is 9.84 Å². The summed E-state index contributed by atoms with van der Waals surface area (Å²) in [6, 6.07) is 6.46. The highest BCUT2D eigenvalue weighted by atomic mass is 19.1. The standard InChI is InChI=1S/C14H16FNO3/c15-11-3-1-10(2-4-11)9-12-14(19-12)5-7-16(8-6-14)13(17)18/h1-4,12H,5-9H2,(H,17,18). The summed E-state index contributed by atoms with van der Waals surface area (Å²) in [5.74, 6) is -0.232. The van der Waals surface area contributed by atoms with Crippen LogP contribution in [0.2, 0.25) is 0 Å². The Morgan fingerprint density at radius 3 is 2.58 bits per heavy atom. The van der Waals surface area contributed by atoms with Crippen LogP contribution >= 0.6 is 0 Å². The molecule has 4 nitrogen and oxygen atoms in total. The van der Waals surface area contributed by atoms with Gasteiger partial charge in [0, 0.05) is 19.5 Å². The van der Waals surface area contributed by atoms with Crippen LogP contribution in [-0.2, 0) is 11.2 Å². The smallest absolute Gasteiger partial charge is 0.407 e. The lowest BCUT2D eigenvalue weighted by Gasteiger charge is -2.28. The van der Waals surface area contributed by atoms with E-state index in [0.717, 1.165) is 24.8 Å². The molecule has 1 unspecified atom stereocenters. The van der Waals surface area contributed by atoms with E-state index in [2.05, 4.69) is 0 Å². The molecule has 2 aliphatic heterocycles. The van der Waals surface area contributed by atoms with Crippen molar-refractivity contribution in [2.45, 2.75) is 31.0 Å². The van der Waals surface area contributed by atoms with E-state index in [1.54, 1.807) is 12.1 Å². The maximum Gasteiger partial charge on any atom is 0.407 e. The van der Waals surface area contributed by atoms with E-state index in [-0.39, 0.29) is 17.5 Å². The molecule has 0 bridgehead atoms. The molecule has 2 heterocycles. The van der Waals surface area contributed by atoms with Crippen molar-refractivity contribution in [1.82, 2.24) is 4.90 Å². The number of carbonyl (C=O) groups is 1. The van der Waals surface area contributed by atoms with E-state index in [1.807, 2.05) is 0 Å². The highest BCUT2D eigenvalue weighted by Gasteiger charge is 2.57. The van der Waals surface area contributed by atoms with Crippen LogP contribution in [0.5, 0.6) is 0 Å². The first-order chi connectivity index (χ1) is 9.09. The number of epoxide rings is 1. The second-order valence-corrected chi connectivity index (χ2v) is 5.27. The van der Waals surface area contributed by atoms with Gasteiger partial charge >= 0.3 is 6.09 Å². The molecule has 102 valence electrons. The van der Waals surface area contributed by atoms with E-state index in [1.165, 1.54) is 17.0 Å². The number of rotatable bonds is 2. The summed E-state index contributed by atoms with van der Waals surface area (Å²) in [5.41, 5.74) is 0.921. The summed E-state index contributed by atoms with van der Waals surface area (Å²) in [7, 11) is 0. The molecule has 0 aliphatic carbocycles. The number of nitrogens with zero attached hydrogens (tertiary/aromatic N) is 1. The van der Waals surface area contributed by atoms with Gasteiger partial charge in [0.25, 0.3) is 0 Å². The van der Waals surface area contributed by atoms with Crippen LogP contribution in [0.4, 0.5) is 9.18 Å². The molecule has 1 amide bonds. The maximum absolute atomic E-state index is 12.8. The highest BCUT2D eigenvalue weighted by Crippen LogP contribution is 2.46. The van der Waals surface area contributed by atoms with Gasteiger partial charge in [-0.1, -0.05) is 12.1 Å². The molecule has 19 heavy (non-hydrogen) atoms. The molecular formula is C14H16FNO3. The second kappa shape index (κ2) is 4.49. The van der Waals surface area contributed by atoms with Crippen LogP contribution in [0.15, 0.2) is 24.3 Å². The van der Waals surface area contributed by atoms with Gasteiger partial charge in [0.2, 0.25) is 0 Å². The molecular weight excluding hydrogens is 249 g/mol. The van der Waals surface area contributed by atoms with E-state index in [0.29, 0.717) is 13.1 Å². The molecule has 3 rings (SSSR count). The predicted octanol–water partition coefficient (Wildman–Crippen LogP) is 2.28. The van der Waals surface area contributed by atoms with Crippen LogP contribution in [0, 0.1) is 5.82 Å². The number of likely N-dealkylation sites (tertiary alicyclic amines) is 1. The number of hydrogen-bond acceptors (Lipinski definition) is 2. The van der Waals surface area contributed by atoms with Crippen molar-refractivity contribution in [2.75, 3.05) is 13.1 Å². The molecule has 0 aromatic heterocycles. The van der Waals surface area contributed by atoms with Gasteiger partial charge in [-0.25, -0.2) is 9.18 Å². The van der Waals surface area contributed by atoms with Crippen molar-refractivity contribution < 1.29 is 19.0 Å². The SMILES string of the molecule is O=C(O)N1CCC2(CC1)OC2Cc1ccc(F)cc1. The Kier molecular flexibility index (Phi) is 2.93. The Bertz CT molecular complexity index is 480. The van der Waals surface area contributed by atoms with Gasteiger partial charge in [-0.3, -0.25) is 0 Å². The van der Waals surface area contributed by atoms with Gasteiger partial charge in [0.1, 0.15) is 5.82 Å². The van der Waals surface area contributed by atoms with Crippen molar-refractivity contribution in [1.29, 1.82) is 0 Å². The Labute approximate surface area is 110 Å². The third kappa shape index (κ3) is 2.42. The van der Waals surface area contributed by atoms with Gasteiger partial charge in [-0.05, 0) is 30.5 Å². The fraction of sp³-hybridized carbons (Fsp3) is 0.500. The minimum absolute atomic E-state index is 0.139. The molecule has 0 saturated carbocycles. The number of halogens is 1. The largest absolute Gasteiger partial charge is 0.465 e. The minimum atomic E-state index is -0.856. The number of amides is 1. The van der Waals surface area contributed by atoms with Crippen molar-refractivity contribution >= 4 is 6.09 Å². The van der Waals surface area contributed by atoms with Crippen LogP contribution in [0.1, 0.15) is 18.4 Å². The lowest BCUT2D eigenvalue weighted by atomic mass is 9.90. The van der Waals surface area contributed by atoms with Crippen molar-refractivity contribution in [3.8, 4) is 0 Å². The lowest BCUT2D eigenvalue weighted by molar-refractivity contribution is 0.113. The van der Waals surface area contributed by atoms with Crippen LogP contribution in [0.3, 0.4) is 0 Å². The minimum Gasteiger partial charge on any atom is -0.465 e. The fourth-order valence-corrected chi connectivity index (χ4v) is 2.83. The summed E-state index contributed by atoms with van der Waals surface area (Å²) in [4.78, 5) is 12.3. The zero-order chi connectivity index (χ0) is 13.5. The van der Waals surface area contributed by atoms with E-state index >= 15 is 0 Å².